The Balaban J connectivity index is 1.28. The molecule has 0 unspecified atom stereocenters. The molecule has 2 aromatic heterocycles. The number of benzene rings is 1. The molecule has 0 saturated heterocycles. The van der Waals surface area contributed by atoms with Crippen molar-refractivity contribution in [2.75, 3.05) is 17.7 Å². The molecule has 0 bridgehead atoms. The van der Waals surface area contributed by atoms with E-state index in [9.17, 15) is 13.2 Å². The van der Waals surface area contributed by atoms with Crippen molar-refractivity contribution in [3.8, 4) is 11.3 Å². The number of anilines is 1. The van der Waals surface area contributed by atoms with Gasteiger partial charge in [-0.05, 0) is 62.4 Å². The lowest BCUT2D eigenvalue weighted by Gasteiger charge is -2.24. The Morgan fingerprint density at radius 1 is 1.08 bits per heavy atom. The first-order chi connectivity index (χ1) is 17.7. The third-order valence-corrected chi connectivity index (χ3v) is 9.14. The molecule has 1 aromatic carbocycles. The van der Waals surface area contributed by atoms with Crippen molar-refractivity contribution in [3.05, 3.63) is 65.4 Å². The second-order valence-corrected chi connectivity index (χ2v) is 12.7. The average Bonchev–Trinajstić information content (AvgIpc) is 3.54. The number of pyridine rings is 1. The van der Waals surface area contributed by atoms with E-state index in [1.54, 1.807) is 30.6 Å². The molecule has 2 aliphatic carbocycles. The fraction of sp³-hybridized carbons (Fsp3) is 0.429. The molecule has 0 atom stereocenters. The Bertz CT molecular complexity index is 1480. The predicted molar refractivity (Wildman–Crippen MR) is 141 cm³/mol. The van der Waals surface area contributed by atoms with Crippen LogP contribution >= 0.6 is 0 Å². The first kappa shape index (κ1) is 24.0. The lowest BCUT2D eigenvalue weighted by molar-refractivity contribution is 0.245. The minimum absolute atomic E-state index is 0.122. The highest BCUT2D eigenvalue weighted by Gasteiger charge is 2.48. The molecule has 9 heteroatoms. The first-order valence-corrected chi connectivity index (χ1v) is 14.8. The van der Waals surface area contributed by atoms with Gasteiger partial charge in [-0.1, -0.05) is 25.0 Å². The van der Waals surface area contributed by atoms with Gasteiger partial charge in [-0.25, -0.2) is 28.2 Å². The van der Waals surface area contributed by atoms with Gasteiger partial charge in [0.2, 0.25) is 0 Å². The van der Waals surface area contributed by atoms with Crippen LogP contribution in [0.1, 0.15) is 67.1 Å². The maximum Gasteiger partial charge on any atom is 0.322 e. The number of aryl methyl sites for hydroxylation is 1. The smallest absolute Gasteiger partial charge is 0.322 e. The summed E-state index contributed by atoms with van der Waals surface area (Å²) in [5.74, 6) is 0.487. The van der Waals surface area contributed by atoms with Gasteiger partial charge in [0.25, 0.3) is 0 Å². The van der Waals surface area contributed by atoms with Crippen molar-refractivity contribution in [1.29, 1.82) is 0 Å². The topological polar surface area (TPSA) is 105 Å². The molecular weight excluding hydrogens is 486 g/mol. The minimum atomic E-state index is -3.25. The zero-order valence-corrected chi connectivity index (χ0v) is 22.0. The summed E-state index contributed by atoms with van der Waals surface area (Å²) in [6, 6.07) is 10.5. The van der Waals surface area contributed by atoms with E-state index in [0.717, 1.165) is 78.1 Å². The summed E-state index contributed by atoms with van der Waals surface area (Å²) in [5, 5.41) is 3.02. The van der Waals surface area contributed by atoms with Crippen LogP contribution in [0.4, 0.5) is 10.5 Å². The maximum absolute atomic E-state index is 13.4. The summed E-state index contributed by atoms with van der Waals surface area (Å²) in [6.07, 6.45) is 9.46. The van der Waals surface area contributed by atoms with E-state index in [0.29, 0.717) is 19.0 Å². The third kappa shape index (κ3) is 4.39. The zero-order chi connectivity index (χ0) is 25.8. The van der Waals surface area contributed by atoms with E-state index >= 15 is 0 Å². The molecule has 1 aliphatic heterocycles. The molecule has 3 heterocycles. The first-order valence-electron chi connectivity index (χ1n) is 12.9. The number of nitrogens with one attached hydrogen (secondary N) is 1. The van der Waals surface area contributed by atoms with Crippen LogP contribution in [0.2, 0.25) is 0 Å². The van der Waals surface area contributed by atoms with Gasteiger partial charge in [-0.15, -0.1) is 0 Å². The number of urea groups is 1. The highest BCUT2D eigenvalue weighted by Crippen LogP contribution is 2.51. The van der Waals surface area contributed by atoms with Crippen molar-refractivity contribution in [2.24, 2.45) is 0 Å². The molecule has 0 radical (unpaired) electrons. The third-order valence-electron chi connectivity index (χ3n) is 8.02. The maximum atomic E-state index is 13.4. The van der Waals surface area contributed by atoms with E-state index in [4.69, 9.17) is 4.98 Å². The normalized spacial score (nSPS) is 18.3. The number of sulfone groups is 1. The van der Waals surface area contributed by atoms with E-state index in [1.165, 1.54) is 6.26 Å². The van der Waals surface area contributed by atoms with Gasteiger partial charge in [0, 0.05) is 36.2 Å². The number of carbonyl (C=O) groups excluding carboxylic acids is 1. The van der Waals surface area contributed by atoms with Gasteiger partial charge in [-0.2, -0.15) is 0 Å². The molecule has 1 spiro atoms. The highest BCUT2D eigenvalue weighted by molar-refractivity contribution is 7.90. The van der Waals surface area contributed by atoms with Crippen LogP contribution in [-0.2, 0) is 21.8 Å². The fourth-order valence-electron chi connectivity index (χ4n) is 5.89. The van der Waals surface area contributed by atoms with Gasteiger partial charge in [0.15, 0.2) is 9.84 Å². The molecule has 3 aliphatic rings. The van der Waals surface area contributed by atoms with E-state index in [2.05, 4.69) is 15.3 Å². The summed E-state index contributed by atoms with van der Waals surface area (Å²) in [5.41, 5.74) is 6.59. The number of amides is 2. The Morgan fingerprint density at radius 2 is 1.81 bits per heavy atom. The van der Waals surface area contributed by atoms with Crippen LogP contribution in [0.15, 0.2) is 47.6 Å². The van der Waals surface area contributed by atoms with Gasteiger partial charge in [0.05, 0.1) is 33.4 Å². The van der Waals surface area contributed by atoms with Gasteiger partial charge < -0.3 is 5.32 Å². The number of aromatic nitrogens is 3. The van der Waals surface area contributed by atoms with Crippen LogP contribution in [0.5, 0.6) is 0 Å². The number of hydrogen-bond acceptors (Lipinski definition) is 6. The van der Waals surface area contributed by atoms with Gasteiger partial charge in [0.1, 0.15) is 6.33 Å². The molecule has 2 saturated carbocycles. The van der Waals surface area contributed by atoms with Crippen LogP contribution in [-0.4, -0.2) is 42.2 Å². The number of fused-ring (bicyclic) bond motifs is 2. The number of nitrogens with zero attached hydrogens (tertiary/aromatic N) is 4. The molecule has 1 N–H and O–H groups in total. The number of rotatable bonds is 5. The molecular formula is C28H31N5O3S. The quantitative estimate of drug-likeness (QED) is 0.527. The number of hydrogen-bond donors (Lipinski definition) is 1. The Morgan fingerprint density at radius 3 is 2.49 bits per heavy atom. The molecule has 2 amide bonds. The molecule has 192 valence electrons. The Kier molecular flexibility index (Phi) is 5.78. The second-order valence-electron chi connectivity index (χ2n) is 10.7. The second kappa shape index (κ2) is 8.90. The molecule has 6 rings (SSSR count). The van der Waals surface area contributed by atoms with Crippen molar-refractivity contribution >= 4 is 21.6 Å². The van der Waals surface area contributed by atoms with Gasteiger partial charge in [-0.3, -0.25) is 4.90 Å². The van der Waals surface area contributed by atoms with Crippen LogP contribution in [0.25, 0.3) is 11.3 Å². The summed E-state index contributed by atoms with van der Waals surface area (Å²) >= 11 is 0. The highest BCUT2D eigenvalue weighted by atomic mass is 32.2. The SMILES string of the molecule is Cc1ncnc(C2CC2)c1-c1ccc2c(n1)C1(CCCC1)CN2C(=O)NCc1ccc(S(C)(=O)=O)cc1. The zero-order valence-electron chi connectivity index (χ0n) is 21.2. The van der Waals surface area contributed by atoms with E-state index < -0.39 is 9.84 Å². The molecule has 3 aromatic rings. The predicted octanol–water partition coefficient (Wildman–Crippen LogP) is 4.67. The van der Waals surface area contributed by atoms with Crippen molar-refractivity contribution in [2.45, 2.75) is 68.2 Å². The summed E-state index contributed by atoms with van der Waals surface area (Å²) in [6.45, 7) is 2.96. The van der Waals surface area contributed by atoms with Crippen LogP contribution < -0.4 is 10.2 Å². The van der Waals surface area contributed by atoms with Crippen molar-refractivity contribution in [3.63, 3.8) is 0 Å². The fourth-order valence-corrected chi connectivity index (χ4v) is 6.52. The number of carbonyl (C=O) groups is 1. The standard InChI is InChI=1S/C28H31N5O3S/c1-18-24(25(20-7-8-20)31-17-30-18)22-11-12-23-26(32-22)28(13-3-4-14-28)16-33(23)27(34)29-15-19-5-9-21(10-6-19)37(2,35)36/h5-6,9-12,17,20H,3-4,7-8,13-16H2,1-2H3,(H,29,34). The largest absolute Gasteiger partial charge is 0.334 e. The molecule has 37 heavy (non-hydrogen) atoms. The monoisotopic (exact) mass is 517 g/mol. The Hall–Kier alpha value is -3.33. The van der Waals surface area contributed by atoms with E-state index in [-0.39, 0.29) is 16.3 Å². The lowest BCUT2D eigenvalue weighted by atomic mass is 9.84. The Labute approximate surface area is 217 Å². The molecule has 2 fully saturated rings. The van der Waals surface area contributed by atoms with Crippen LogP contribution in [0, 0.1) is 6.92 Å². The summed E-state index contributed by atoms with van der Waals surface area (Å²) < 4.78 is 23.4. The lowest BCUT2D eigenvalue weighted by Crippen LogP contribution is -2.41. The molecule has 8 nitrogen and oxygen atoms in total. The van der Waals surface area contributed by atoms with Gasteiger partial charge >= 0.3 is 6.03 Å². The summed E-state index contributed by atoms with van der Waals surface area (Å²) in [4.78, 5) is 29.8. The van der Waals surface area contributed by atoms with Crippen molar-refractivity contribution in [1.82, 2.24) is 20.3 Å². The van der Waals surface area contributed by atoms with Crippen LogP contribution in [0.3, 0.4) is 0 Å². The van der Waals surface area contributed by atoms with E-state index in [1.807, 2.05) is 24.0 Å². The van der Waals surface area contributed by atoms with Crippen molar-refractivity contribution < 1.29 is 13.2 Å². The summed E-state index contributed by atoms with van der Waals surface area (Å²) in [7, 11) is -3.25. The average molecular weight is 518 g/mol. The minimum Gasteiger partial charge on any atom is -0.334 e.